The first-order valence-electron chi connectivity index (χ1n) is 5.81. The fourth-order valence-corrected chi connectivity index (χ4v) is 1.92. The number of carbonyl (C=O) groups excluding carboxylic acids is 1. The minimum atomic E-state index is -0.237. The molecule has 0 aromatic rings. The van der Waals surface area contributed by atoms with Crippen molar-refractivity contribution < 1.29 is 9.53 Å². The van der Waals surface area contributed by atoms with Gasteiger partial charge in [0.25, 0.3) is 0 Å². The molecule has 92 valence electrons. The topological polar surface area (TPSA) is 41.6 Å². The summed E-state index contributed by atoms with van der Waals surface area (Å²) in [5.74, 6) is -0.237. The molecule has 1 saturated heterocycles. The number of esters is 1. The van der Waals surface area contributed by atoms with Gasteiger partial charge in [-0.05, 0) is 39.9 Å². The molecule has 1 rings (SSSR count). The van der Waals surface area contributed by atoms with E-state index < -0.39 is 0 Å². The molecule has 1 heterocycles. The predicted molar refractivity (Wildman–Crippen MR) is 64.3 cm³/mol. The maximum Gasteiger partial charge on any atom is 0.333 e. The van der Waals surface area contributed by atoms with Crippen molar-refractivity contribution in [1.29, 1.82) is 0 Å². The largest absolute Gasteiger partial charge is 0.466 e. The van der Waals surface area contributed by atoms with Crippen LogP contribution in [0.25, 0.3) is 0 Å². The zero-order valence-electron chi connectivity index (χ0n) is 10.5. The number of carbonyl (C=O) groups is 1. The van der Waals surface area contributed by atoms with E-state index in [1.165, 1.54) is 20.0 Å². The Kier molecular flexibility index (Phi) is 5.49. The summed E-state index contributed by atoms with van der Waals surface area (Å²) >= 11 is 0. The second-order valence-corrected chi connectivity index (χ2v) is 4.30. The van der Waals surface area contributed by atoms with Crippen molar-refractivity contribution in [3.8, 4) is 0 Å². The lowest BCUT2D eigenvalue weighted by atomic mass is 10.1. The van der Waals surface area contributed by atoms with Crippen LogP contribution in [0.4, 0.5) is 0 Å². The highest BCUT2D eigenvalue weighted by Gasteiger charge is 2.16. The maximum atomic E-state index is 11.2. The molecule has 0 bridgehead atoms. The number of piperidine rings is 1. The summed E-state index contributed by atoms with van der Waals surface area (Å²) in [5.41, 5.74) is 0.684. The normalized spacial score (nSPS) is 18.9. The van der Waals surface area contributed by atoms with Crippen LogP contribution in [0.3, 0.4) is 0 Å². The lowest BCUT2D eigenvalue weighted by Gasteiger charge is -2.30. The number of methoxy groups -OCH3 is 1. The van der Waals surface area contributed by atoms with E-state index in [0.717, 1.165) is 19.6 Å². The van der Waals surface area contributed by atoms with Crippen LogP contribution in [0.2, 0.25) is 0 Å². The highest BCUT2D eigenvalue weighted by Crippen LogP contribution is 2.10. The third kappa shape index (κ3) is 3.94. The van der Waals surface area contributed by atoms with E-state index in [4.69, 9.17) is 0 Å². The molecule has 4 nitrogen and oxygen atoms in total. The van der Waals surface area contributed by atoms with Gasteiger partial charge in [0.05, 0.1) is 7.11 Å². The number of hydrogen-bond acceptors (Lipinski definition) is 4. The Hall–Kier alpha value is -0.870. The SMILES string of the molecule is COC(=O)C(C)=CCN(C)C1CCNCC1. The molecule has 1 aliphatic rings. The number of nitrogens with zero attached hydrogens (tertiary/aromatic N) is 1. The molecule has 4 heteroatoms. The van der Waals surface area contributed by atoms with Gasteiger partial charge in [-0.15, -0.1) is 0 Å². The van der Waals surface area contributed by atoms with Crippen molar-refractivity contribution in [3.05, 3.63) is 11.6 Å². The van der Waals surface area contributed by atoms with Crippen LogP contribution in [-0.4, -0.2) is 50.7 Å². The summed E-state index contributed by atoms with van der Waals surface area (Å²) in [5, 5.41) is 3.35. The first kappa shape index (κ1) is 13.2. The molecule has 1 N–H and O–H groups in total. The Bertz CT molecular complexity index is 258. The molecule has 0 aromatic carbocycles. The van der Waals surface area contributed by atoms with Crippen molar-refractivity contribution in [3.63, 3.8) is 0 Å². The van der Waals surface area contributed by atoms with E-state index in [2.05, 4.69) is 22.0 Å². The van der Waals surface area contributed by atoms with Crippen molar-refractivity contribution in [2.75, 3.05) is 33.8 Å². The Morgan fingerprint density at radius 2 is 2.12 bits per heavy atom. The Morgan fingerprint density at radius 3 is 2.69 bits per heavy atom. The molecular formula is C12H22N2O2. The van der Waals surface area contributed by atoms with Gasteiger partial charge in [-0.1, -0.05) is 6.08 Å². The Labute approximate surface area is 97.6 Å². The van der Waals surface area contributed by atoms with Crippen molar-refractivity contribution in [1.82, 2.24) is 10.2 Å². The van der Waals surface area contributed by atoms with Crippen LogP contribution in [0.5, 0.6) is 0 Å². The number of nitrogens with one attached hydrogen (secondary N) is 1. The van der Waals surface area contributed by atoms with E-state index in [-0.39, 0.29) is 5.97 Å². The molecule has 0 unspecified atom stereocenters. The average Bonchev–Trinajstić information content (AvgIpc) is 2.35. The van der Waals surface area contributed by atoms with E-state index in [9.17, 15) is 4.79 Å². The van der Waals surface area contributed by atoms with Gasteiger partial charge in [-0.3, -0.25) is 4.90 Å². The first-order chi connectivity index (χ1) is 7.65. The van der Waals surface area contributed by atoms with Crippen LogP contribution in [0.15, 0.2) is 11.6 Å². The molecular weight excluding hydrogens is 204 g/mol. The standard InChI is InChI=1S/C12H22N2O2/c1-10(12(15)16-3)6-9-14(2)11-4-7-13-8-5-11/h6,11,13H,4-5,7-9H2,1-3H3. The van der Waals surface area contributed by atoms with Crippen molar-refractivity contribution in [2.45, 2.75) is 25.8 Å². The lowest BCUT2D eigenvalue weighted by Crippen LogP contribution is -2.41. The van der Waals surface area contributed by atoms with Crippen LogP contribution >= 0.6 is 0 Å². The molecule has 1 fully saturated rings. The third-order valence-corrected chi connectivity index (χ3v) is 3.12. The Morgan fingerprint density at radius 1 is 1.50 bits per heavy atom. The molecule has 1 aliphatic heterocycles. The van der Waals surface area contributed by atoms with Crippen LogP contribution in [0.1, 0.15) is 19.8 Å². The second-order valence-electron chi connectivity index (χ2n) is 4.30. The summed E-state index contributed by atoms with van der Waals surface area (Å²) < 4.78 is 4.65. The fourth-order valence-electron chi connectivity index (χ4n) is 1.92. The van der Waals surface area contributed by atoms with Gasteiger partial charge >= 0.3 is 5.97 Å². The molecule has 0 aliphatic carbocycles. The fraction of sp³-hybridized carbons (Fsp3) is 0.750. The second kappa shape index (κ2) is 6.66. The van der Waals surface area contributed by atoms with E-state index in [0.29, 0.717) is 11.6 Å². The smallest absolute Gasteiger partial charge is 0.333 e. The third-order valence-electron chi connectivity index (χ3n) is 3.12. The van der Waals surface area contributed by atoms with Gasteiger partial charge in [-0.2, -0.15) is 0 Å². The van der Waals surface area contributed by atoms with E-state index in [1.807, 2.05) is 6.08 Å². The summed E-state index contributed by atoms with van der Waals surface area (Å²) in [6, 6.07) is 0.628. The molecule has 0 amide bonds. The van der Waals surface area contributed by atoms with Gasteiger partial charge in [0.2, 0.25) is 0 Å². The molecule has 0 saturated carbocycles. The van der Waals surface area contributed by atoms with Crippen LogP contribution < -0.4 is 5.32 Å². The van der Waals surface area contributed by atoms with Crippen molar-refractivity contribution in [2.24, 2.45) is 0 Å². The summed E-state index contributed by atoms with van der Waals surface area (Å²) in [6.07, 6.45) is 4.30. The molecule has 0 radical (unpaired) electrons. The van der Waals surface area contributed by atoms with Gasteiger partial charge in [-0.25, -0.2) is 4.79 Å². The quantitative estimate of drug-likeness (QED) is 0.568. The van der Waals surface area contributed by atoms with Crippen LogP contribution in [-0.2, 0) is 9.53 Å². The molecule has 0 atom stereocenters. The number of hydrogen-bond donors (Lipinski definition) is 1. The highest BCUT2D eigenvalue weighted by molar-refractivity contribution is 5.87. The minimum Gasteiger partial charge on any atom is -0.466 e. The summed E-state index contributed by atoms with van der Waals surface area (Å²) in [4.78, 5) is 13.5. The van der Waals surface area contributed by atoms with Crippen molar-refractivity contribution >= 4 is 5.97 Å². The van der Waals surface area contributed by atoms with Gasteiger partial charge in [0, 0.05) is 18.2 Å². The summed E-state index contributed by atoms with van der Waals surface area (Å²) in [7, 11) is 3.52. The molecule has 0 spiro atoms. The zero-order chi connectivity index (χ0) is 12.0. The van der Waals surface area contributed by atoms with Gasteiger partial charge in [0.1, 0.15) is 0 Å². The highest BCUT2D eigenvalue weighted by atomic mass is 16.5. The number of rotatable bonds is 4. The first-order valence-corrected chi connectivity index (χ1v) is 5.81. The van der Waals surface area contributed by atoms with E-state index >= 15 is 0 Å². The zero-order valence-corrected chi connectivity index (χ0v) is 10.5. The van der Waals surface area contributed by atoms with Gasteiger partial charge in [0.15, 0.2) is 0 Å². The molecule has 0 aromatic heterocycles. The monoisotopic (exact) mass is 226 g/mol. The lowest BCUT2D eigenvalue weighted by molar-refractivity contribution is -0.136. The van der Waals surface area contributed by atoms with Crippen LogP contribution in [0, 0.1) is 0 Å². The average molecular weight is 226 g/mol. The van der Waals surface area contributed by atoms with E-state index in [1.54, 1.807) is 6.92 Å². The minimum absolute atomic E-state index is 0.237. The maximum absolute atomic E-state index is 11.2. The number of likely N-dealkylation sites (N-methyl/N-ethyl adjacent to an activating group) is 1. The number of ether oxygens (including phenoxy) is 1. The summed E-state index contributed by atoms with van der Waals surface area (Å²) in [6.45, 7) is 4.79. The predicted octanol–water partition coefficient (Wildman–Crippen LogP) is 0.789. The van der Waals surface area contributed by atoms with Gasteiger partial charge < -0.3 is 10.1 Å². The molecule has 16 heavy (non-hydrogen) atoms. The Balaban J connectivity index is 2.38.